The highest BCUT2D eigenvalue weighted by Crippen LogP contribution is 2.24. The van der Waals surface area contributed by atoms with Gasteiger partial charge < -0.3 is 13.3 Å². The monoisotopic (exact) mass is 204 g/mol. The molecule has 1 rings (SSSR count). The number of hydrogen-bond donors (Lipinski definition) is 0. The van der Waals surface area contributed by atoms with E-state index in [1.54, 1.807) is 21.3 Å². The minimum absolute atomic E-state index is 0.215. The van der Waals surface area contributed by atoms with Gasteiger partial charge in [0.2, 0.25) is 0 Å². The van der Waals surface area contributed by atoms with E-state index >= 15 is 0 Å². The second-order valence-electron chi connectivity index (χ2n) is 3.06. The molecule has 0 aliphatic carbocycles. The minimum atomic E-state index is -2.48. The van der Waals surface area contributed by atoms with Gasteiger partial charge in [-0.3, -0.25) is 4.90 Å². The highest BCUT2D eigenvalue weighted by molar-refractivity contribution is 6.62. The fourth-order valence-corrected chi connectivity index (χ4v) is 3.99. The number of hydrogen-bond acceptors (Lipinski definition) is 4. The summed E-state index contributed by atoms with van der Waals surface area (Å²) < 4.78 is 16.2. The Morgan fingerprint density at radius 1 is 1.23 bits per heavy atom. The number of nitrogens with zero attached hydrogens (tertiary/aromatic N) is 1. The average molecular weight is 204 g/mol. The smallest absolute Gasteiger partial charge is 0.376 e. The van der Waals surface area contributed by atoms with E-state index in [0.29, 0.717) is 0 Å². The third-order valence-corrected chi connectivity index (χ3v) is 5.63. The van der Waals surface area contributed by atoms with Gasteiger partial charge in [0.1, 0.15) is 0 Å². The van der Waals surface area contributed by atoms with Gasteiger partial charge in [0, 0.05) is 34.4 Å². The second-order valence-corrected chi connectivity index (χ2v) is 6.15. The van der Waals surface area contributed by atoms with Crippen molar-refractivity contribution >= 4 is 8.80 Å². The van der Waals surface area contributed by atoms with Crippen LogP contribution in [0, 0.1) is 6.92 Å². The lowest BCUT2D eigenvalue weighted by Gasteiger charge is -2.32. The van der Waals surface area contributed by atoms with Crippen LogP contribution in [0.25, 0.3) is 0 Å². The summed E-state index contributed by atoms with van der Waals surface area (Å²) in [5.41, 5.74) is 0.215. The van der Waals surface area contributed by atoms with E-state index in [0.717, 1.165) is 19.5 Å². The lowest BCUT2D eigenvalue weighted by molar-refractivity contribution is 0.0975. The summed E-state index contributed by atoms with van der Waals surface area (Å²) in [6, 6.07) is 0. The van der Waals surface area contributed by atoms with Gasteiger partial charge in [-0.25, -0.2) is 0 Å². The molecule has 13 heavy (non-hydrogen) atoms. The minimum Gasteiger partial charge on any atom is -0.376 e. The normalized spacial score (nSPS) is 20.3. The molecule has 1 aliphatic rings. The van der Waals surface area contributed by atoms with E-state index in [-0.39, 0.29) is 5.67 Å². The fourth-order valence-electron chi connectivity index (χ4n) is 1.61. The summed E-state index contributed by atoms with van der Waals surface area (Å²) in [5, 5.41) is 0. The molecule has 1 unspecified atom stereocenters. The molecule has 0 aromatic carbocycles. The predicted octanol–water partition coefficient (Wildman–Crippen LogP) is 0.312. The van der Waals surface area contributed by atoms with Crippen molar-refractivity contribution in [1.82, 2.24) is 4.90 Å². The zero-order valence-electron chi connectivity index (χ0n) is 8.58. The van der Waals surface area contributed by atoms with Crippen molar-refractivity contribution in [2.24, 2.45) is 0 Å². The van der Waals surface area contributed by atoms with E-state index in [4.69, 9.17) is 13.3 Å². The van der Waals surface area contributed by atoms with E-state index in [1.165, 1.54) is 0 Å². The van der Waals surface area contributed by atoms with E-state index in [9.17, 15) is 0 Å². The van der Waals surface area contributed by atoms with Crippen LogP contribution in [-0.2, 0) is 13.3 Å². The quantitative estimate of drug-likeness (QED) is 0.460. The summed E-state index contributed by atoms with van der Waals surface area (Å²) in [4.78, 5) is 2.27. The fraction of sp³-hybridized carbons (Fsp3) is 0.875. The van der Waals surface area contributed by atoms with E-state index in [1.807, 2.05) is 0 Å². The number of rotatable bonds is 6. The molecule has 0 saturated carbocycles. The predicted molar refractivity (Wildman–Crippen MR) is 52.1 cm³/mol. The molecule has 1 radical (unpaired) electrons. The van der Waals surface area contributed by atoms with E-state index < -0.39 is 8.80 Å². The summed E-state index contributed by atoms with van der Waals surface area (Å²) in [7, 11) is 2.45. The van der Waals surface area contributed by atoms with Crippen molar-refractivity contribution in [3.63, 3.8) is 0 Å². The molecule has 1 heterocycles. The Morgan fingerprint density at radius 3 is 1.92 bits per heavy atom. The van der Waals surface area contributed by atoms with Crippen LogP contribution in [-0.4, -0.2) is 53.8 Å². The Bertz CT molecular complexity index is 151. The van der Waals surface area contributed by atoms with Crippen LogP contribution in [0.2, 0.25) is 0 Å². The molecule has 1 aliphatic heterocycles. The van der Waals surface area contributed by atoms with Crippen LogP contribution in [0.15, 0.2) is 0 Å². The van der Waals surface area contributed by atoms with Crippen LogP contribution < -0.4 is 0 Å². The summed E-state index contributed by atoms with van der Waals surface area (Å²) in [6.07, 6.45) is 0.766. The van der Waals surface area contributed by atoms with Gasteiger partial charge in [-0.1, -0.05) is 6.92 Å². The Labute approximate surface area is 81.1 Å². The molecule has 4 nitrogen and oxygen atoms in total. The van der Waals surface area contributed by atoms with Gasteiger partial charge in [-0.05, 0) is 6.42 Å². The third kappa shape index (κ3) is 2.11. The molecule has 0 N–H and O–H groups in total. The zero-order valence-corrected chi connectivity index (χ0v) is 9.58. The summed E-state index contributed by atoms with van der Waals surface area (Å²) >= 11 is 0. The van der Waals surface area contributed by atoms with Crippen molar-refractivity contribution in [2.45, 2.75) is 12.1 Å². The Morgan fingerprint density at radius 2 is 1.69 bits per heavy atom. The maximum atomic E-state index is 5.40. The van der Waals surface area contributed by atoms with Gasteiger partial charge in [0.15, 0.2) is 0 Å². The first kappa shape index (κ1) is 11.1. The van der Waals surface area contributed by atoms with Gasteiger partial charge in [0.25, 0.3) is 0 Å². The highest BCUT2D eigenvalue weighted by atomic mass is 28.4. The summed E-state index contributed by atoms with van der Waals surface area (Å²) in [6.45, 7) is 6.11. The van der Waals surface area contributed by atoms with Crippen LogP contribution >= 0.6 is 0 Å². The van der Waals surface area contributed by atoms with Gasteiger partial charge in [-0.2, -0.15) is 0 Å². The Balaban J connectivity index is 2.68. The van der Waals surface area contributed by atoms with Gasteiger partial charge in [0.05, 0.1) is 5.67 Å². The van der Waals surface area contributed by atoms with Crippen LogP contribution in [0.3, 0.4) is 0 Å². The van der Waals surface area contributed by atoms with Crippen molar-refractivity contribution < 1.29 is 13.3 Å². The maximum absolute atomic E-state index is 5.40. The van der Waals surface area contributed by atoms with Crippen molar-refractivity contribution in [2.75, 3.05) is 34.4 Å². The third-order valence-electron chi connectivity index (χ3n) is 2.46. The molecular formula is C8H18NO3Si. The molecule has 0 bridgehead atoms. The molecule has 0 aromatic rings. The largest absolute Gasteiger partial charge is 0.518 e. The Kier molecular flexibility index (Phi) is 3.87. The lowest BCUT2D eigenvalue weighted by atomic mass is 10.5. The summed E-state index contributed by atoms with van der Waals surface area (Å²) in [5.74, 6) is 0. The van der Waals surface area contributed by atoms with Gasteiger partial charge >= 0.3 is 8.80 Å². The molecule has 0 spiro atoms. The van der Waals surface area contributed by atoms with Gasteiger partial charge in [-0.15, -0.1) is 0 Å². The lowest BCUT2D eigenvalue weighted by Crippen LogP contribution is -2.57. The standard InChI is InChI=1S/C8H18NO3Si/c1-5-8(9-6-7-9)13(10-2,11-3)12-4/h8H,1,5-7H2,2-4H3. The SMILES string of the molecule is [CH2]CC(N1CC1)[Si](OC)(OC)OC. The first-order valence-corrected chi connectivity index (χ1v) is 6.23. The molecule has 1 atom stereocenters. The topological polar surface area (TPSA) is 30.7 Å². The van der Waals surface area contributed by atoms with Crippen molar-refractivity contribution in [3.05, 3.63) is 6.92 Å². The van der Waals surface area contributed by atoms with E-state index in [2.05, 4.69) is 11.8 Å². The van der Waals surface area contributed by atoms with Crippen LogP contribution in [0.1, 0.15) is 6.42 Å². The molecule has 0 amide bonds. The molecule has 1 fully saturated rings. The maximum Gasteiger partial charge on any atom is 0.518 e. The van der Waals surface area contributed by atoms with Crippen LogP contribution in [0.4, 0.5) is 0 Å². The van der Waals surface area contributed by atoms with Crippen LogP contribution in [0.5, 0.6) is 0 Å². The molecule has 1 saturated heterocycles. The zero-order chi connectivity index (χ0) is 9.90. The average Bonchev–Trinajstić information content (AvgIpc) is 2.98. The first-order valence-electron chi connectivity index (χ1n) is 4.42. The molecule has 5 heteroatoms. The molecular weight excluding hydrogens is 186 g/mol. The molecule has 77 valence electrons. The second kappa shape index (κ2) is 4.52. The van der Waals surface area contributed by atoms with Crippen molar-refractivity contribution in [1.29, 1.82) is 0 Å². The first-order chi connectivity index (χ1) is 6.24. The molecule has 0 aromatic heterocycles. The highest BCUT2D eigenvalue weighted by Gasteiger charge is 2.51. The van der Waals surface area contributed by atoms with Crippen molar-refractivity contribution in [3.8, 4) is 0 Å². The Hall–Kier alpha value is 0.0569.